The first-order valence-corrected chi connectivity index (χ1v) is 13.4. The molecule has 3 aromatic carbocycles. The highest BCUT2D eigenvalue weighted by Crippen LogP contribution is 2.32. The van der Waals surface area contributed by atoms with Gasteiger partial charge in [0.25, 0.3) is 0 Å². The van der Waals surface area contributed by atoms with Gasteiger partial charge in [0.05, 0.1) is 16.9 Å². The van der Waals surface area contributed by atoms with E-state index in [-0.39, 0.29) is 11.9 Å². The lowest BCUT2D eigenvalue weighted by molar-refractivity contribution is -0.114. The molecule has 40 heavy (non-hydrogen) atoms. The van der Waals surface area contributed by atoms with Crippen molar-refractivity contribution in [3.8, 4) is 22.4 Å². The second-order valence-corrected chi connectivity index (χ2v) is 10.1. The number of hydrogen-bond donors (Lipinski definition) is 2. The molecule has 2 N–H and O–H groups in total. The number of H-pyrrole nitrogens is 1. The molecule has 0 spiro atoms. The number of fused-ring (bicyclic) bond motifs is 1. The first kappa shape index (κ1) is 25.5. The molecule has 1 aliphatic rings. The Kier molecular flexibility index (Phi) is 7.08. The van der Waals surface area contributed by atoms with Crippen LogP contribution in [0.2, 0.25) is 0 Å². The molecule has 1 aliphatic heterocycles. The van der Waals surface area contributed by atoms with Crippen LogP contribution < -0.4 is 10.2 Å². The van der Waals surface area contributed by atoms with Crippen molar-refractivity contribution in [1.29, 1.82) is 0 Å². The summed E-state index contributed by atoms with van der Waals surface area (Å²) in [6.07, 6.45) is 5.75. The zero-order valence-electron chi connectivity index (χ0n) is 22.6. The fourth-order valence-corrected chi connectivity index (χ4v) is 5.05. The second kappa shape index (κ2) is 11.1. The second-order valence-electron chi connectivity index (χ2n) is 10.1. The molecular formula is C32H31N7O. The van der Waals surface area contributed by atoms with E-state index in [1.165, 1.54) is 23.7 Å². The highest BCUT2D eigenvalue weighted by molar-refractivity contribution is 5.92. The smallest absolute Gasteiger partial charge is 0.229 e. The third-order valence-corrected chi connectivity index (χ3v) is 7.23. The van der Waals surface area contributed by atoms with E-state index in [4.69, 9.17) is 0 Å². The number of hydrogen-bond acceptors (Lipinski definition) is 6. The average Bonchev–Trinajstić information content (AvgIpc) is 3.39. The van der Waals surface area contributed by atoms with Gasteiger partial charge in [-0.05, 0) is 48.5 Å². The summed E-state index contributed by atoms with van der Waals surface area (Å²) in [4.78, 5) is 24.8. The van der Waals surface area contributed by atoms with E-state index >= 15 is 0 Å². The van der Waals surface area contributed by atoms with Crippen LogP contribution in [0.5, 0.6) is 0 Å². The number of piperazine rings is 1. The van der Waals surface area contributed by atoms with Gasteiger partial charge in [0.1, 0.15) is 0 Å². The van der Waals surface area contributed by atoms with E-state index in [0.717, 1.165) is 59.6 Å². The number of carbonyl (C=O) groups excluding carboxylic acids is 1. The zero-order valence-corrected chi connectivity index (χ0v) is 22.6. The summed E-state index contributed by atoms with van der Waals surface area (Å²) in [5.74, 6) is 0.0786. The summed E-state index contributed by atoms with van der Waals surface area (Å²) >= 11 is 0. The highest BCUT2D eigenvalue weighted by atomic mass is 16.1. The van der Waals surface area contributed by atoms with Crippen molar-refractivity contribution in [3.05, 3.63) is 90.3 Å². The third-order valence-electron chi connectivity index (χ3n) is 7.23. The summed E-state index contributed by atoms with van der Waals surface area (Å²) in [6, 6.07) is 25.2. The fraction of sp³-hybridized carbons (Fsp3) is 0.188. The van der Waals surface area contributed by atoms with Gasteiger partial charge in [-0.1, -0.05) is 54.6 Å². The molecule has 0 saturated carbocycles. The van der Waals surface area contributed by atoms with Crippen molar-refractivity contribution in [1.82, 2.24) is 25.1 Å². The number of aromatic nitrogens is 4. The normalized spacial score (nSPS) is 14.2. The van der Waals surface area contributed by atoms with E-state index in [9.17, 15) is 4.79 Å². The fourth-order valence-electron chi connectivity index (χ4n) is 5.05. The lowest BCUT2D eigenvalue weighted by Gasteiger charge is -2.35. The van der Waals surface area contributed by atoms with Crippen molar-refractivity contribution >= 4 is 40.6 Å². The molecule has 1 saturated heterocycles. The number of aromatic amines is 1. The predicted octanol–water partition coefficient (Wildman–Crippen LogP) is 5.57. The van der Waals surface area contributed by atoms with Gasteiger partial charge in [0.15, 0.2) is 0 Å². The molecule has 3 heterocycles. The number of nitrogens with one attached hydrogen (secondary N) is 2. The Morgan fingerprint density at radius 2 is 1.70 bits per heavy atom. The molecule has 0 atom stereocenters. The number of rotatable bonds is 6. The van der Waals surface area contributed by atoms with E-state index in [2.05, 4.69) is 96.9 Å². The third kappa shape index (κ3) is 5.48. The first-order chi connectivity index (χ1) is 19.5. The molecule has 1 amide bonds. The minimum absolute atomic E-state index is 0.206. The first-order valence-electron chi connectivity index (χ1n) is 13.4. The van der Waals surface area contributed by atoms with E-state index in [1.54, 1.807) is 6.20 Å². The highest BCUT2D eigenvalue weighted by Gasteiger charge is 2.17. The predicted molar refractivity (Wildman–Crippen MR) is 162 cm³/mol. The van der Waals surface area contributed by atoms with Gasteiger partial charge in [-0.25, -0.2) is 9.97 Å². The van der Waals surface area contributed by atoms with Crippen LogP contribution in [0, 0.1) is 0 Å². The van der Waals surface area contributed by atoms with Crippen LogP contribution in [0.1, 0.15) is 18.2 Å². The Morgan fingerprint density at radius 1 is 0.925 bits per heavy atom. The van der Waals surface area contributed by atoms with E-state index < -0.39 is 0 Å². The van der Waals surface area contributed by atoms with Crippen molar-refractivity contribution in [2.24, 2.45) is 0 Å². The lowest BCUT2D eigenvalue weighted by atomic mass is 10.0. The molecule has 2 aromatic heterocycles. The van der Waals surface area contributed by atoms with Crippen LogP contribution in [0.15, 0.2) is 79.0 Å². The molecule has 0 unspecified atom stereocenters. The van der Waals surface area contributed by atoms with Gasteiger partial charge in [-0.2, -0.15) is 5.10 Å². The molecule has 8 heteroatoms. The maximum absolute atomic E-state index is 11.4. The number of likely N-dealkylation sites (N-methyl/N-ethyl adjacent to an activating group) is 1. The maximum atomic E-state index is 11.4. The van der Waals surface area contributed by atoms with Gasteiger partial charge in [0.2, 0.25) is 11.9 Å². The molecule has 1 fully saturated rings. The molecular weight excluding hydrogens is 498 g/mol. The average molecular weight is 530 g/mol. The van der Waals surface area contributed by atoms with E-state index in [0.29, 0.717) is 0 Å². The Morgan fingerprint density at radius 3 is 2.50 bits per heavy atom. The van der Waals surface area contributed by atoms with E-state index in [1.807, 2.05) is 30.3 Å². The molecule has 0 radical (unpaired) electrons. The summed E-state index contributed by atoms with van der Waals surface area (Å²) in [6.45, 7) is 5.70. The number of para-hydroxylation sites is 1. The van der Waals surface area contributed by atoms with Gasteiger partial charge < -0.3 is 9.80 Å². The number of benzene rings is 3. The van der Waals surface area contributed by atoms with Crippen molar-refractivity contribution in [3.63, 3.8) is 0 Å². The minimum atomic E-state index is -0.206. The van der Waals surface area contributed by atoms with Crippen LogP contribution in [-0.2, 0) is 4.79 Å². The Bertz CT molecular complexity index is 1680. The minimum Gasteiger partial charge on any atom is -0.368 e. The molecule has 8 nitrogen and oxygen atoms in total. The topological polar surface area (TPSA) is 90.0 Å². The zero-order chi connectivity index (χ0) is 27.5. The van der Waals surface area contributed by atoms with Crippen molar-refractivity contribution < 1.29 is 4.79 Å². The van der Waals surface area contributed by atoms with Gasteiger partial charge in [-0.3, -0.25) is 15.2 Å². The molecule has 200 valence electrons. The van der Waals surface area contributed by atoms with Crippen LogP contribution in [0.25, 0.3) is 45.4 Å². The van der Waals surface area contributed by atoms with Gasteiger partial charge >= 0.3 is 0 Å². The molecule has 6 rings (SSSR count). The number of carbonyl (C=O) groups is 1. The van der Waals surface area contributed by atoms with Crippen LogP contribution in [0.4, 0.5) is 11.6 Å². The number of amides is 1. The Hall–Kier alpha value is -4.82. The standard InChI is InChI=1S/C32H31N7O/c1-22(40)34-32-33-16-15-28(35-32)25-12-13-27-29(36-37-30(27)21-25)14-9-23-7-10-24(11-8-23)26-5-3-4-6-31(26)39-19-17-38(2)18-20-39/h3-16,21H,17-20H2,1-2H3,(H,36,37)(H,33,34,35,40). The van der Waals surface area contributed by atoms with Gasteiger partial charge in [0, 0.05) is 61.5 Å². The number of anilines is 2. The Labute approximate surface area is 233 Å². The van der Waals surface area contributed by atoms with Crippen molar-refractivity contribution in [2.75, 3.05) is 43.4 Å². The summed E-state index contributed by atoms with van der Waals surface area (Å²) in [5.41, 5.74) is 8.31. The monoisotopic (exact) mass is 529 g/mol. The summed E-state index contributed by atoms with van der Waals surface area (Å²) < 4.78 is 0. The molecule has 0 bridgehead atoms. The lowest BCUT2D eigenvalue weighted by Crippen LogP contribution is -2.44. The Balaban J connectivity index is 1.19. The molecule has 5 aromatic rings. The van der Waals surface area contributed by atoms with Crippen LogP contribution in [-0.4, -0.2) is 64.2 Å². The summed E-state index contributed by atoms with van der Waals surface area (Å²) in [5, 5.41) is 11.3. The molecule has 0 aliphatic carbocycles. The number of nitrogens with zero attached hydrogens (tertiary/aromatic N) is 5. The quantitative estimate of drug-likeness (QED) is 0.299. The summed E-state index contributed by atoms with van der Waals surface area (Å²) in [7, 11) is 2.18. The van der Waals surface area contributed by atoms with Crippen LogP contribution in [0.3, 0.4) is 0 Å². The van der Waals surface area contributed by atoms with Crippen LogP contribution >= 0.6 is 0 Å². The maximum Gasteiger partial charge on any atom is 0.229 e. The van der Waals surface area contributed by atoms with Crippen molar-refractivity contribution in [2.45, 2.75) is 6.92 Å². The van der Waals surface area contributed by atoms with Gasteiger partial charge in [-0.15, -0.1) is 0 Å². The largest absolute Gasteiger partial charge is 0.368 e. The SMILES string of the molecule is CC(=O)Nc1nccc(-c2ccc3c(C=Cc4ccc(-c5ccccc5N5CCN(C)CC5)cc4)n[nH]c3c2)n1.